The average Bonchev–Trinajstić information content (AvgIpc) is 2.82. The van der Waals surface area contributed by atoms with Crippen molar-refractivity contribution in [2.75, 3.05) is 31.1 Å². The molecular formula is C14H24N2O2S. The molecule has 3 unspecified atom stereocenters. The first-order valence-corrected chi connectivity index (χ1v) is 8.70. The number of piperidine rings is 1. The van der Waals surface area contributed by atoms with E-state index in [0.29, 0.717) is 18.5 Å². The van der Waals surface area contributed by atoms with E-state index in [0.717, 1.165) is 12.3 Å². The lowest BCUT2D eigenvalue weighted by atomic mass is 9.96. The van der Waals surface area contributed by atoms with Crippen molar-refractivity contribution in [1.82, 2.24) is 9.80 Å². The molecule has 3 fully saturated rings. The molecular weight excluding hydrogens is 260 g/mol. The smallest absolute Gasteiger partial charge is 0.304 e. The maximum atomic E-state index is 11.1. The number of nitrogens with zero attached hydrogens (tertiary/aromatic N) is 2. The van der Waals surface area contributed by atoms with Gasteiger partial charge in [-0.05, 0) is 25.8 Å². The fourth-order valence-electron chi connectivity index (χ4n) is 4.09. The summed E-state index contributed by atoms with van der Waals surface area (Å²) in [7, 11) is 0. The number of hydrogen-bond donors (Lipinski definition) is 1. The van der Waals surface area contributed by atoms with E-state index in [-0.39, 0.29) is 6.04 Å². The van der Waals surface area contributed by atoms with Crippen LogP contribution in [0, 0.1) is 0 Å². The number of carbonyl (C=O) groups is 1. The van der Waals surface area contributed by atoms with Crippen LogP contribution >= 0.6 is 11.8 Å². The van der Waals surface area contributed by atoms with Gasteiger partial charge in [0.1, 0.15) is 0 Å². The maximum Gasteiger partial charge on any atom is 0.304 e. The Morgan fingerprint density at radius 2 is 2.05 bits per heavy atom. The molecule has 0 amide bonds. The van der Waals surface area contributed by atoms with Crippen molar-refractivity contribution in [3.8, 4) is 0 Å². The van der Waals surface area contributed by atoms with E-state index in [2.05, 4.69) is 9.80 Å². The molecule has 3 rings (SSSR count). The summed E-state index contributed by atoms with van der Waals surface area (Å²) >= 11 is 1.92. The van der Waals surface area contributed by atoms with Gasteiger partial charge >= 0.3 is 5.97 Å². The Balaban J connectivity index is 1.69. The number of thioether (sulfide) groups is 1. The van der Waals surface area contributed by atoms with E-state index >= 15 is 0 Å². The van der Waals surface area contributed by atoms with Crippen LogP contribution in [0.4, 0.5) is 0 Å². The van der Waals surface area contributed by atoms with Gasteiger partial charge < -0.3 is 5.11 Å². The van der Waals surface area contributed by atoms with E-state index in [4.69, 9.17) is 5.11 Å². The molecule has 108 valence electrons. The second-order valence-electron chi connectivity index (χ2n) is 6.02. The van der Waals surface area contributed by atoms with Crippen molar-refractivity contribution in [3.05, 3.63) is 0 Å². The molecule has 0 aromatic heterocycles. The Hall–Kier alpha value is -0.260. The van der Waals surface area contributed by atoms with Crippen LogP contribution < -0.4 is 0 Å². The minimum Gasteiger partial charge on any atom is -0.481 e. The molecule has 3 heterocycles. The molecule has 0 aliphatic carbocycles. The lowest BCUT2D eigenvalue weighted by molar-refractivity contribution is -0.138. The molecule has 3 saturated heterocycles. The van der Waals surface area contributed by atoms with Crippen LogP contribution in [0.5, 0.6) is 0 Å². The molecule has 0 saturated carbocycles. The summed E-state index contributed by atoms with van der Waals surface area (Å²) in [5.41, 5.74) is 0. The normalized spacial score (nSPS) is 37.2. The standard InChI is InChI=1S/C14H24N2O2S/c17-14(18)9-11-10-19-8-7-16(11)13-4-6-15-5-2-1-3-12(13)15/h11-13H,1-10H2,(H,17,18). The predicted molar refractivity (Wildman–Crippen MR) is 77.7 cm³/mol. The summed E-state index contributed by atoms with van der Waals surface area (Å²) in [6.45, 7) is 3.56. The van der Waals surface area contributed by atoms with Gasteiger partial charge in [-0.3, -0.25) is 14.6 Å². The Bertz CT molecular complexity index is 339. The van der Waals surface area contributed by atoms with Gasteiger partial charge in [0.2, 0.25) is 0 Å². The van der Waals surface area contributed by atoms with E-state index in [9.17, 15) is 4.79 Å². The van der Waals surface area contributed by atoms with Crippen molar-refractivity contribution in [3.63, 3.8) is 0 Å². The Kier molecular flexibility index (Phi) is 4.34. The molecule has 3 aliphatic rings. The molecule has 0 radical (unpaired) electrons. The fourth-order valence-corrected chi connectivity index (χ4v) is 5.18. The molecule has 1 N–H and O–H groups in total. The van der Waals surface area contributed by atoms with Crippen molar-refractivity contribution in [1.29, 1.82) is 0 Å². The second-order valence-corrected chi connectivity index (χ2v) is 7.17. The molecule has 19 heavy (non-hydrogen) atoms. The largest absolute Gasteiger partial charge is 0.481 e. The van der Waals surface area contributed by atoms with Gasteiger partial charge in [-0.2, -0.15) is 11.8 Å². The SMILES string of the molecule is O=C(O)CC1CSCCN1C1CCN2CCCCC12. The zero-order chi connectivity index (χ0) is 13.2. The highest BCUT2D eigenvalue weighted by molar-refractivity contribution is 7.99. The van der Waals surface area contributed by atoms with Crippen molar-refractivity contribution >= 4 is 17.7 Å². The summed E-state index contributed by atoms with van der Waals surface area (Å²) < 4.78 is 0. The van der Waals surface area contributed by atoms with E-state index in [1.54, 1.807) is 0 Å². The summed E-state index contributed by atoms with van der Waals surface area (Å²) in [5.74, 6) is 1.52. The first kappa shape index (κ1) is 13.7. The Morgan fingerprint density at radius 1 is 1.16 bits per heavy atom. The molecule has 4 nitrogen and oxygen atoms in total. The van der Waals surface area contributed by atoms with Gasteiger partial charge in [0, 0.05) is 42.7 Å². The van der Waals surface area contributed by atoms with Gasteiger partial charge in [-0.1, -0.05) is 6.42 Å². The van der Waals surface area contributed by atoms with Crippen LogP contribution in [0.15, 0.2) is 0 Å². The van der Waals surface area contributed by atoms with Crippen LogP contribution in [0.2, 0.25) is 0 Å². The lowest BCUT2D eigenvalue weighted by Gasteiger charge is -2.43. The molecule has 3 aliphatic heterocycles. The second kappa shape index (κ2) is 6.02. The zero-order valence-electron chi connectivity index (χ0n) is 11.5. The van der Waals surface area contributed by atoms with Gasteiger partial charge in [-0.25, -0.2) is 0 Å². The maximum absolute atomic E-state index is 11.1. The number of aliphatic carboxylic acids is 1. The van der Waals surface area contributed by atoms with E-state index in [1.165, 1.54) is 44.5 Å². The van der Waals surface area contributed by atoms with Crippen LogP contribution in [0.25, 0.3) is 0 Å². The Labute approximate surface area is 119 Å². The summed E-state index contributed by atoms with van der Waals surface area (Å²) in [6, 6.07) is 1.57. The summed E-state index contributed by atoms with van der Waals surface area (Å²) in [6.07, 6.45) is 5.57. The highest BCUT2D eigenvalue weighted by atomic mass is 32.2. The van der Waals surface area contributed by atoms with Crippen LogP contribution in [0.3, 0.4) is 0 Å². The number of fused-ring (bicyclic) bond motifs is 1. The molecule has 0 bridgehead atoms. The summed E-state index contributed by atoms with van der Waals surface area (Å²) in [4.78, 5) is 16.3. The highest BCUT2D eigenvalue weighted by Crippen LogP contribution is 2.34. The van der Waals surface area contributed by atoms with Crippen LogP contribution in [-0.4, -0.2) is 70.1 Å². The number of carboxylic acid groups (broad SMARTS) is 1. The third-order valence-corrected chi connectivity index (χ3v) is 6.02. The summed E-state index contributed by atoms with van der Waals surface area (Å²) in [5, 5.41) is 9.11. The zero-order valence-corrected chi connectivity index (χ0v) is 12.3. The van der Waals surface area contributed by atoms with E-state index in [1.807, 2.05) is 11.8 Å². The number of hydrogen-bond acceptors (Lipinski definition) is 4. The predicted octanol–water partition coefficient (Wildman–Crippen LogP) is 1.51. The fraction of sp³-hybridized carbons (Fsp3) is 0.929. The van der Waals surface area contributed by atoms with Gasteiger partial charge in [0.05, 0.1) is 6.42 Å². The van der Waals surface area contributed by atoms with Crippen molar-refractivity contribution < 1.29 is 9.90 Å². The van der Waals surface area contributed by atoms with Crippen LogP contribution in [0.1, 0.15) is 32.1 Å². The molecule has 0 aromatic carbocycles. The van der Waals surface area contributed by atoms with E-state index < -0.39 is 5.97 Å². The van der Waals surface area contributed by atoms with Crippen molar-refractivity contribution in [2.45, 2.75) is 50.2 Å². The van der Waals surface area contributed by atoms with Gasteiger partial charge in [-0.15, -0.1) is 0 Å². The third-order valence-electron chi connectivity index (χ3n) is 4.93. The first-order chi connectivity index (χ1) is 9.25. The number of rotatable bonds is 3. The van der Waals surface area contributed by atoms with Gasteiger partial charge in [0.15, 0.2) is 0 Å². The topological polar surface area (TPSA) is 43.8 Å². The minimum absolute atomic E-state index is 0.253. The highest BCUT2D eigenvalue weighted by Gasteiger charge is 2.41. The molecule has 3 atom stereocenters. The van der Waals surface area contributed by atoms with Crippen LogP contribution in [-0.2, 0) is 4.79 Å². The monoisotopic (exact) mass is 284 g/mol. The third kappa shape index (κ3) is 2.93. The average molecular weight is 284 g/mol. The van der Waals surface area contributed by atoms with Crippen molar-refractivity contribution in [2.24, 2.45) is 0 Å². The first-order valence-electron chi connectivity index (χ1n) is 7.55. The Morgan fingerprint density at radius 3 is 2.89 bits per heavy atom. The number of carboxylic acids is 1. The molecule has 0 spiro atoms. The minimum atomic E-state index is -0.643. The molecule has 5 heteroatoms. The lowest BCUT2D eigenvalue weighted by Crippen LogP contribution is -2.54. The van der Waals surface area contributed by atoms with Gasteiger partial charge in [0.25, 0.3) is 0 Å². The quantitative estimate of drug-likeness (QED) is 0.851. The molecule has 0 aromatic rings.